The second-order valence-electron chi connectivity index (χ2n) is 6.09. The lowest BCUT2D eigenvalue weighted by molar-refractivity contribution is 0.0412. The van der Waals surface area contributed by atoms with Crippen LogP contribution in [0.1, 0.15) is 31.2 Å². The molecule has 4 rings (SSSR count). The van der Waals surface area contributed by atoms with Crippen molar-refractivity contribution in [3.8, 4) is 11.4 Å². The van der Waals surface area contributed by atoms with Crippen LogP contribution in [0.2, 0.25) is 0 Å². The predicted molar refractivity (Wildman–Crippen MR) is 97.3 cm³/mol. The molecular formula is C20H15N3O5. The monoisotopic (exact) mass is 377 g/mol. The summed E-state index contributed by atoms with van der Waals surface area (Å²) in [7, 11) is 0. The van der Waals surface area contributed by atoms with E-state index in [1.807, 2.05) is 6.07 Å². The van der Waals surface area contributed by atoms with Gasteiger partial charge < -0.3 is 9.84 Å². The van der Waals surface area contributed by atoms with Gasteiger partial charge >= 0.3 is 5.97 Å². The van der Waals surface area contributed by atoms with Crippen LogP contribution in [0.4, 0.5) is 0 Å². The van der Waals surface area contributed by atoms with E-state index < -0.39 is 17.8 Å². The van der Waals surface area contributed by atoms with Crippen LogP contribution >= 0.6 is 0 Å². The van der Waals surface area contributed by atoms with Crippen molar-refractivity contribution in [2.45, 2.75) is 0 Å². The van der Waals surface area contributed by atoms with Crippen LogP contribution in [-0.2, 0) is 4.74 Å². The van der Waals surface area contributed by atoms with Gasteiger partial charge in [0.1, 0.15) is 6.61 Å². The lowest BCUT2D eigenvalue weighted by Gasteiger charge is -2.13. The molecule has 0 atom stereocenters. The number of amides is 2. The molecule has 28 heavy (non-hydrogen) atoms. The van der Waals surface area contributed by atoms with Crippen LogP contribution in [0.25, 0.3) is 5.69 Å². The van der Waals surface area contributed by atoms with E-state index in [2.05, 4.69) is 5.10 Å². The number of benzene rings is 2. The summed E-state index contributed by atoms with van der Waals surface area (Å²) >= 11 is 0. The number of fused-ring (bicyclic) bond motifs is 1. The molecule has 8 heteroatoms. The highest BCUT2D eigenvalue weighted by molar-refractivity contribution is 6.21. The van der Waals surface area contributed by atoms with Gasteiger partial charge in [0.15, 0.2) is 5.75 Å². The summed E-state index contributed by atoms with van der Waals surface area (Å²) < 4.78 is 6.45. The highest BCUT2D eigenvalue weighted by Gasteiger charge is 2.35. The average molecular weight is 377 g/mol. The Morgan fingerprint density at radius 2 is 1.57 bits per heavy atom. The minimum Gasteiger partial charge on any atom is -0.504 e. The number of aromatic nitrogens is 2. The summed E-state index contributed by atoms with van der Waals surface area (Å²) in [5, 5.41) is 14.0. The smallest absolute Gasteiger partial charge is 0.362 e. The Labute approximate surface area is 159 Å². The standard InChI is InChI=1S/C20H15N3O5/c24-16-12-23(13-6-2-1-3-7-13)21-17(16)20(27)28-11-10-22-18(25)14-8-4-5-9-15(14)19(22)26/h1-9,12,24H,10-11H2. The first-order chi connectivity index (χ1) is 13.6. The van der Waals surface area contributed by atoms with Crippen molar-refractivity contribution in [1.29, 1.82) is 0 Å². The molecule has 8 nitrogen and oxygen atoms in total. The van der Waals surface area contributed by atoms with Crippen molar-refractivity contribution >= 4 is 17.8 Å². The summed E-state index contributed by atoms with van der Waals surface area (Å²) in [4.78, 5) is 37.8. The third kappa shape index (κ3) is 3.01. The number of carbonyl (C=O) groups is 3. The molecule has 140 valence electrons. The molecule has 0 radical (unpaired) electrons. The third-order valence-corrected chi connectivity index (χ3v) is 4.34. The number of hydrogen-bond donors (Lipinski definition) is 1. The van der Waals surface area contributed by atoms with Crippen LogP contribution in [0.5, 0.6) is 5.75 Å². The van der Waals surface area contributed by atoms with Crippen LogP contribution in [0.15, 0.2) is 60.8 Å². The fourth-order valence-electron chi connectivity index (χ4n) is 2.96. The molecule has 2 heterocycles. The molecule has 0 unspecified atom stereocenters. The van der Waals surface area contributed by atoms with E-state index in [0.717, 1.165) is 4.90 Å². The Kier molecular flexibility index (Phi) is 4.36. The number of imide groups is 1. The first kappa shape index (κ1) is 17.5. The van der Waals surface area contributed by atoms with E-state index in [-0.39, 0.29) is 24.6 Å². The van der Waals surface area contributed by atoms with Gasteiger partial charge in [-0.2, -0.15) is 5.10 Å². The molecule has 1 N–H and O–H groups in total. The molecule has 1 aromatic heterocycles. The van der Waals surface area contributed by atoms with Crippen molar-refractivity contribution in [2.24, 2.45) is 0 Å². The largest absolute Gasteiger partial charge is 0.504 e. The molecular weight excluding hydrogens is 362 g/mol. The van der Waals surface area contributed by atoms with Gasteiger partial charge in [0.25, 0.3) is 11.8 Å². The van der Waals surface area contributed by atoms with E-state index in [0.29, 0.717) is 16.8 Å². The van der Waals surface area contributed by atoms with Gasteiger partial charge in [0.05, 0.1) is 29.6 Å². The molecule has 0 bridgehead atoms. The average Bonchev–Trinajstić information content (AvgIpc) is 3.22. The van der Waals surface area contributed by atoms with Gasteiger partial charge in [-0.3, -0.25) is 14.5 Å². The van der Waals surface area contributed by atoms with Gasteiger partial charge in [-0.25, -0.2) is 9.48 Å². The minimum atomic E-state index is -0.844. The summed E-state index contributed by atoms with van der Waals surface area (Å²) in [5.74, 6) is -2.01. The third-order valence-electron chi connectivity index (χ3n) is 4.34. The fourth-order valence-corrected chi connectivity index (χ4v) is 2.96. The molecule has 0 aliphatic carbocycles. The summed E-state index contributed by atoms with van der Waals surface area (Å²) in [5.41, 5.74) is 1.09. The SMILES string of the molecule is O=C(OCCN1C(=O)c2ccccc2C1=O)c1nn(-c2ccccc2)cc1O. The first-order valence-corrected chi connectivity index (χ1v) is 8.52. The quantitative estimate of drug-likeness (QED) is 0.539. The van der Waals surface area contributed by atoms with E-state index in [9.17, 15) is 19.5 Å². The zero-order valence-electron chi connectivity index (χ0n) is 14.6. The second-order valence-corrected chi connectivity index (χ2v) is 6.09. The zero-order valence-corrected chi connectivity index (χ0v) is 14.6. The fraction of sp³-hybridized carbons (Fsp3) is 0.100. The number of hydrogen-bond acceptors (Lipinski definition) is 6. The van der Waals surface area contributed by atoms with E-state index in [1.165, 1.54) is 10.9 Å². The van der Waals surface area contributed by atoms with E-state index in [1.54, 1.807) is 48.5 Å². The summed E-state index contributed by atoms with van der Waals surface area (Å²) in [6.07, 6.45) is 1.30. The summed E-state index contributed by atoms with van der Waals surface area (Å²) in [6, 6.07) is 15.5. The van der Waals surface area contributed by atoms with Crippen LogP contribution in [0, 0.1) is 0 Å². The predicted octanol–water partition coefficient (Wildman–Crippen LogP) is 2.03. The molecule has 3 aromatic rings. The summed E-state index contributed by atoms with van der Waals surface area (Å²) in [6.45, 7) is -0.291. The Morgan fingerprint density at radius 3 is 2.21 bits per heavy atom. The normalized spacial score (nSPS) is 12.9. The van der Waals surface area contributed by atoms with Crippen molar-refractivity contribution < 1.29 is 24.2 Å². The van der Waals surface area contributed by atoms with Crippen molar-refractivity contribution in [3.63, 3.8) is 0 Å². The van der Waals surface area contributed by atoms with Gasteiger partial charge in [-0.15, -0.1) is 0 Å². The number of nitrogens with zero attached hydrogens (tertiary/aromatic N) is 3. The van der Waals surface area contributed by atoms with E-state index >= 15 is 0 Å². The second kappa shape index (κ2) is 6.99. The molecule has 2 aromatic carbocycles. The van der Waals surface area contributed by atoms with Crippen LogP contribution < -0.4 is 0 Å². The molecule has 1 aliphatic heterocycles. The Morgan fingerprint density at radius 1 is 0.964 bits per heavy atom. The van der Waals surface area contributed by atoms with Crippen LogP contribution in [-0.4, -0.2) is 50.7 Å². The maximum atomic E-state index is 12.3. The number of ether oxygens (including phenoxy) is 1. The number of para-hydroxylation sites is 1. The van der Waals surface area contributed by atoms with Gasteiger partial charge in [-0.05, 0) is 24.3 Å². The van der Waals surface area contributed by atoms with Gasteiger partial charge in [-0.1, -0.05) is 30.3 Å². The molecule has 0 saturated heterocycles. The molecule has 0 spiro atoms. The number of rotatable bonds is 5. The van der Waals surface area contributed by atoms with Gasteiger partial charge in [0.2, 0.25) is 5.69 Å². The highest BCUT2D eigenvalue weighted by Crippen LogP contribution is 2.22. The van der Waals surface area contributed by atoms with Crippen molar-refractivity contribution in [1.82, 2.24) is 14.7 Å². The highest BCUT2D eigenvalue weighted by atomic mass is 16.5. The first-order valence-electron chi connectivity index (χ1n) is 8.52. The zero-order chi connectivity index (χ0) is 19.7. The minimum absolute atomic E-state index is 0.0851. The maximum Gasteiger partial charge on any atom is 0.362 e. The van der Waals surface area contributed by atoms with Crippen LogP contribution in [0.3, 0.4) is 0 Å². The Bertz CT molecular complexity index is 1040. The molecule has 2 amide bonds. The maximum absolute atomic E-state index is 12.3. The lowest BCUT2D eigenvalue weighted by atomic mass is 10.1. The Balaban J connectivity index is 1.40. The number of carbonyl (C=O) groups excluding carboxylic acids is 3. The van der Waals surface area contributed by atoms with Gasteiger partial charge in [0, 0.05) is 0 Å². The number of esters is 1. The van der Waals surface area contributed by atoms with Crippen molar-refractivity contribution in [3.05, 3.63) is 77.6 Å². The van der Waals surface area contributed by atoms with E-state index in [4.69, 9.17) is 4.74 Å². The lowest BCUT2D eigenvalue weighted by Crippen LogP contribution is -2.33. The Hall–Kier alpha value is -3.94. The molecule has 1 aliphatic rings. The topological polar surface area (TPSA) is 102 Å². The molecule has 0 saturated carbocycles. The van der Waals surface area contributed by atoms with Crippen molar-refractivity contribution in [2.75, 3.05) is 13.2 Å². The molecule has 0 fully saturated rings. The number of aromatic hydroxyl groups is 1.